The highest BCUT2D eigenvalue weighted by molar-refractivity contribution is 5.95. The molecule has 3 rings (SSSR count). The van der Waals surface area contributed by atoms with Crippen LogP contribution in [-0.2, 0) is 0 Å². The molecule has 28 heavy (non-hydrogen) atoms. The number of aromatic nitrogens is 2. The molecule has 6 nitrogen and oxygen atoms in total. The van der Waals surface area contributed by atoms with E-state index >= 15 is 0 Å². The van der Waals surface area contributed by atoms with Gasteiger partial charge in [-0.1, -0.05) is 12.1 Å². The lowest BCUT2D eigenvalue weighted by molar-refractivity contribution is -0.0512. The molecule has 0 aliphatic rings. The number of nitrogens with one attached hydrogen (secondary N) is 1. The van der Waals surface area contributed by atoms with E-state index in [2.05, 4.69) is 15.0 Å². The first-order valence-corrected chi connectivity index (χ1v) is 8.50. The highest BCUT2D eigenvalue weighted by atomic mass is 19.3. The Hall–Kier alpha value is -3.42. The van der Waals surface area contributed by atoms with E-state index in [1.807, 2.05) is 42.0 Å². The second kappa shape index (κ2) is 8.51. The van der Waals surface area contributed by atoms with Crippen LogP contribution in [0.2, 0.25) is 0 Å². The number of imidazole rings is 1. The molecule has 0 radical (unpaired) electrons. The lowest BCUT2D eigenvalue weighted by Gasteiger charge is -2.16. The van der Waals surface area contributed by atoms with Crippen LogP contribution in [0.4, 0.5) is 8.78 Å². The number of carbonyl (C=O) groups is 1. The maximum absolute atomic E-state index is 12.5. The Labute approximate surface area is 160 Å². The highest BCUT2D eigenvalue weighted by Gasteiger charge is 2.16. The highest BCUT2D eigenvalue weighted by Crippen LogP contribution is 2.29. The lowest BCUT2D eigenvalue weighted by atomic mass is 10.1. The molecule has 8 heteroatoms. The predicted octanol–water partition coefficient (Wildman–Crippen LogP) is 3.97. The van der Waals surface area contributed by atoms with Crippen LogP contribution in [0.1, 0.15) is 28.9 Å². The van der Waals surface area contributed by atoms with Crippen molar-refractivity contribution < 1.29 is 23.0 Å². The van der Waals surface area contributed by atoms with Gasteiger partial charge in [0.05, 0.1) is 19.5 Å². The maximum Gasteiger partial charge on any atom is 0.387 e. The van der Waals surface area contributed by atoms with E-state index in [0.717, 1.165) is 11.3 Å². The van der Waals surface area contributed by atoms with Gasteiger partial charge in [-0.05, 0) is 42.8 Å². The Morgan fingerprint density at radius 3 is 2.50 bits per heavy atom. The lowest BCUT2D eigenvalue weighted by Crippen LogP contribution is -2.26. The van der Waals surface area contributed by atoms with Gasteiger partial charge in [0.25, 0.3) is 5.91 Å². The molecule has 0 bridgehead atoms. The predicted molar refractivity (Wildman–Crippen MR) is 99.1 cm³/mol. The number of hydrogen-bond donors (Lipinski definition) is 1. The molecule has 0 spiro atoms. The van der Waals surface area contributed by atoms with Crippen LogP contribution in [0.3, 0.4) is 0 Å². The fourth-order valence-corrected chi connectivity index (χ4v) is 2.71. The molecule has 1 N–H and O–H groups in total. The first kappa shape index (κ1) is 19.3. The van der Waals surface area contributed by atoms with Crippen LogP contribution in [0.5, 0.6) is 11.5 Å². The smallest absolute Gasteiger partial charge is 0.387 e. The van der Waals surface area contributed by atoms with E-state index in [1.54, 1.807) is 12.5 Å². The van der Waals surface area contributed by atoms with E-state index in [9.17, 15) is 13.6 Å². The topological polar surface area (TPSA) is 65.4 Å². The summed E-state index contributed by atoms with van der Waals surface area (Å²) in [6, 6.07) is 11.5. The van der Waals surface area contributed by atoms with Crippen LogP contribution in [0, 0.1) is 0 Å². The Kier molecular flexibility index (Phi) is 5.88. The Bertz CT molecular complexity index is 928. The molecule has 1 unspecified atom stereocenters. The number of rotatable bonds is 7. The van der Waals surface area contributed by atoms with Gasteiger partial charge in [0, 0.05) is 23.6 Å². The first-order chi connectivity index (χ1) is 13.5. The van der Waals surface area contributed by atoms with Crippen molar-refractivity contribution in [2.45, 2.75) is 19.6 Å². The summed E-state index contributed by atoms with van der Waals surface area (Å²) in [5.41, 5.74) is 2.15. The number of ether oxygens (including phenoxy) is 2. The number of benzene rings is 2. The number of amides is 1. The maximum atomic E-state index is 12.5. The minimum atomic E-state index is -2.97. The van der Waals surface area contributed by atoms with Gasteiger partial charge in [0.2, 0.25) is 0 Å². The van der Waals surface area contributed by atoms with Crippen LogP contribution in [0.25, 0.3) is 5.69 Å². The SMILES string of the molecule is COc1cc(C(=O)NC(C)c2ccc(-n3ccnc3)cc2)ccc1OC(F)F. The van der Waals surface area contributed by atoms with Crippen molar-refractivity contribution in [3.8, 4) is 17.2 Å². The van der Waals surface area contributed by atoms with Crippen molar-refractivity contribution in [3.05, 3.63) is 72.3 Å². The summed E-state index contributed by atoms with van der Waals surface area (Å²) >= 11 is 0. The summed E-state index contributed by atoms with van der Waals surface area (Å²) < 4.78 is 36.1. The summed E-state index contributed by atoms with van der Waals surface area (Å²) in [5, 5.41) is 2.88. The average Bonchev–Trinajstić information content (AvgIpc) is 3.22. The number of methoxy groups -OCH3 is 1. The Morgan fingerprint density at radius 1 is 1.14 bits per heavy atom. The minimum Gasteiger partial charge on any atom is -0.493 e. The van der Waals surface area contributed by atoms with Crippen LogP contribution >= 0.6 is 0 Å². The molecule has 0 fully saturated rings. The molecular formula is C20H19F2N3O3. The second-order valence-corrected chi connectivity index (χ2v) is 6.00. The normalized spacial score (nSPS) is 11.9. The van der Waals surface area contributed by atoms with E-state index < -0.39 is 6.61 Å². The largest absolute Gasteiger partial charge is 0.493 e. The second-order valence-electron chi connectivity index (χ2n) is 6.00. The zero-order valence-corrected chi connectivity index (χ0v) is 15.3. The first-order valence-electron chi connectivity index (χ1n) is 8.50. The Morgan fingerprint density at radius 2 is 1.89 bits per heavy atom. The molecular weight excluding hydrogens is 368 g/mol. The molecule has 1 amide bonds. The van der Waals surface area contributed by atoms with Gasteiger partial charge < -0.3 is 19.4 Å². The Balaban J connectivity index is 1.70. The number of hydrogen-bond acceptors (Lipinski definition) is 4. The van der Waals surface area contributed by atoms with Crippen molar-refractivity contribution in [2.24, 2.45) is 0 Å². The average molecular weight is 387 g/mol. The fraction of sp³-hybridized carbons (Fsp3) is 0.200. The van der Waals surface area contributed by atoms with Gasteiger partial charge in [-0.25, -0.2) is 4.98 Å². The molecule has 0 saturated carbocycles. The van der Waals surface area contributed by atoms with Gasteiger partial charge >= 0.3 is 6.61 Å². The van der Waals surface area contributed by atoms with Gasteiger partial charge in [-0.2, -0.15) is 8.78 Å². The molecule has 1 aromatic heterocycles. The van der Waals surface area contributed by atoms with Gasteiger partial charge in [0.15, 0.2) is 11.5 Å². The summed E-state index contributed by atoms with van der Waals surface area (Å²) in [6.45, 7) is -1.12. The molecule has 1 heterocycles. The zero-order valence-electron chi connectivity index (χ0n) is 15.3. The van der Waals surface area contributed by atoms with Crippen molar-refractivity contribution in [1.29, 1.82) is 0 Å². The summed E-state index contributed by atoms with van der Waals surface area (Å²) in [6.07, 6.45) is 5.24. The van der Waals surface area contributed by atoms with Crippen molar-refractivity contribution in [1.82, 2.24) is 14.9 Å². The van der Waals surface area contributed by atoms with E-state index in [0.29, 0.717) is 0 Å². The molecule has 2 aromatic carbocycles. The quantitative estimate of drug-likeness (QED) is 0.666. The molecule has 146 valence electrons. The molecule has 1 atom stereocenters. The monoisotopic (exact) mass is 387 g/mol. The van der Waals surface area contributed by atoms with Gasteiger partial charge in [-0.15, -0.1) is 0 Å². The molecule has 0 aliphatic carbocycles. The summed E-state index contributed by atoms with van der Waals surface area (Å²) in [4.78, 5) is 16.5. The number of carbonyl (C=O) groups excluding carboxylic acids is 1. The third-order valence-corrected chi connectivity index (χ3v) is 4.19. The van der Waals surface area contributed by atoms with Gasteiger partial charge in [-0.3, -0.25) is 4.79 Å². The van der Waals surface area contributed by atoms with Crippen molar-refractivity contribution >= 4 is 5.91 Å². The van der Waals surface area contributed by atoms with Crippen LogP contribution in [0.15, 0.2) is 61.2 Å². The summed E-state index contributed by atoms with van der Waals surface area (Å²) in [5.74, 6) is -0.421. The van der Waals surface area contributed by atoms with E-state index in [4.69, 9.17) is 4.74 Å². The molecule has 0 aliphatic heterocycles. The van der Waals surface area contributed by atoms with Crippen molar-refractivity contribution in [3.63, 3.8) is 0 Å². The van der Waals surface area contributed by atoms with Crippen LogP contribution in [-0.4, -0.2) is 29.2 Å². The summed E-state index contributed by atoms with van der Waals surface area (Å²) in [7, 11) is 1.32. The molecule has 3 aromatic rings. The van der Waals surface area contributed by atoms with Crippen LogP contribution < -0.4 is 14.8 Å². The van der Waals surface area contributed by atoms with Gasteiger partial charge in [0.1, 0.15) is 0 Å². The zero-order chi connectivity index (χ0) is 20.1. The third-order valence-electron chi connectivity index (χ3n) is 4.19. The fourth-order valence-electron chi connectivity index (χ4n) is 2.71. The number of nitrogens with zero attached hydrogens (tertiary/aromatic N) is 2. The third kappa shape index (κ3) is 4.46. The van der Waals surface area contributed by atoms with E-state index in [1.165, 1.54) is 25.3 Å². The number of alkyl halides is 2. The standard InChI is InChI=1S/C20H19F2N3O3/c1-13(14-3-6-16(7-4-14)25-10-9-23-12-25)24-19(26)15-5-8-17(28-20(21)22)18(11-15)27-2/h3-13,20H,1-2H3,(H,24,26). The number of halogens is 2. The van der Waals surface area contributed by atoms with Crippen molar-refractivity contribution in [2.75, 3.05) is 7.11 Å². The van der Waals surface area contributed by atoms with E-state index in [-0.39, 0.29) is 29.0 Å². The molecule has 0 saturated heterocycles. The minimum absolute atomic E-state index is 0.0605.